The summed E-state index contributed by atoms with van der Waals surface area (Å²) in [5.74, 6) is 0.444. The van der Waals surface area contributed by atoms with Crippen LogP contribution in [0.25, 0.3) is 0 Å². The van der Waals surface area contributed by atoms with Gasteiger partial charge in [0.25, 0.3) is 0 Å². The number of carbonyl (C=O) groups excluding carboxylic acids is 1. The zero-order chi connectivity index (χ0) is 13.2. The Balaban J connectivity index is 0.00000147. The van der Waals surface area contributed by atoms with Crippen molar-refractivity contribution >= 4 is 29.7 Å². The quantitative estimate of drug-likeness (QED) is 0.890. The van der Waals surface area contributed by atoms with Crippen molar-refractivity contribution in [3.63, 3.8) is 0 Å². The van der Waals surface area contributed by atoms with Gasteiger partial charge in [-0.05, 0) is 30.7 Å². The lowest BCUT2D eigenvalue weighted by molar-refractivity contribution is -0.138. The Hall–Kier alpha value is -0.620. The van der Waals surface area contributed by atoms with Gasteiger partial charge in [-0.3, -0.25) is 4.79 Å². The van der Waals surface area contributed by atoms with Crippen LogP contribution < -0.4 is 5.32 Å². The lowest BCUT2D eigenvalue weighted by Crippen LogP contribution is -2.53. The number of halogens is 1. The van der Waals surface area contributed by atoms with Crippen LogP contribution in [0.3, 0.4) is 0 Å². The molecule has 0 spiro atoms. The van der Waals surface area contributed by atoms with Crippen LogP contribution in [-0.2, 0) is 4.79 Å². The van der Waals surface area contributed by atoms with Crippen LogP contribution in [0.15, 0.2) is 17.5 Å². The molecule has 0 aromatic carbocycles. The Morgan fingerprint density at radius 2 is 2.35 bits per heavy atom. The van der Waals surface area contributed by atoms with Crippen LogP contribution in [-0.4, -0.2) is 41.6 Å². The number of carbonyl (C=O) groups is 1. The van der Waals surface area contributed by atoms with Crippen molar-refractivity contribution < 1.29 is 9.90 Å². The monoisotopic (exact) mass is 316 g/mol. The summed E-state index contributed by atoms with van der Waals surface area (Å²) in [6.45, 7) is 2.49. The molecule has 1 aromatic heterocycles. The molecule has 2 fully saturated rings. The van der Waals surface area contributed by atoms with E-state index in [1.807, 2.05) is 22.4 Å². The number of likely N-dealkylation sites (tertiary alicyclic amines) is 1. The first-order valence-electron chi connectivity index (χ1n) is 6.98. The molecule has 2 aliphatic rings. The molecule has 2 unspecified atom stereocenters. The highest BCUT2D eigenvalue weighted by atomic mass is 35.5. The minimum atomic E-state index is -0.432. The summed E-state index contributed by atoms with van der Waals surface area (Å²) in [5.41, 5.74) is 0. The van der Waals surface area contributed by atoms with E-state index in [1.165, 1.54) is 0 Å². The average molecular weight is 317 g/mol. The normalized spacial score (nSPS) is 24.1. The van der Waals surface area contributed by atoms with Crippen LogP contribution in [0.5, 0.6) is 0 Å². The number of nitrogens with zero attached hydrogens (tertiary/aromatic N) is 1. The van der Waals surface area contributed by atoms with E-state index in [9.17, 15) is 9.90 Å². The molecule has 3 heterocycles. The van der Waals surface area contributed by atoms with Gasteiger partial charge in [-0.1, -0.05) is 6.07 Å². The van der Waals surface area contributed by atoms with Gasteiger partial charge in [0.05, 0.1) is 12.0 Å². The molecule has 6 heteroatoms. The summed E-state index contributed by atoms with van der Waals surface area (Å²) in [5, 5.41) is 15.4. The van der Waals surface area contributed by atoms with Gasteiger partial charge in [0.2, 0.25) is 5.91 Å². The van der Waals surface area contributed by atoms with E-state index in [1.54, 1.807) is 11.3 Å². The van der Waals surface area contributed by atoms with Crippen LogP contribution in [0.4, 0.5) is 0 Å². The summed E-state index contributed by atoms with van der Waals surface area (Å²) >= 11 is 1.58. The van der Waals surface area contributed by atoms with Gasteiger partial charge >= 0.3 is 0 Å². The van der Waals surface area contributed by atoms with Crippen molar-refractivity contribution in [2.75, 3.05) is 19.6 Å². The van der Waals surface area contributed by atoms with E-state index in [4.69, 9.17) is 0 Å². The topological polar surface area (TPSA) is 52.6 Å². The minimum absolute atomic E-state index is 0. The molecule has 2 aliphatic heterocycles. The van der Waals surface area contributed by atoms with Crippen molar-refractivity contribution in [2.24, 2.45) is 5.92 Å². The third kappa shape index (κ3) is 3.17. The van der Waals surface area contributed by atoms with E-state index in [-0.39, 0.29) is 30.3 Å². The summed E-state index contributed by atoms with van der Waals surface area (Å²) < 4.78 is 0. The fourth-order valence-electron chi connectivity index (χ4n) is 2.92. The standard InChI is InChI=1S/C14H20N2O2S.ClH/c17-12(13-4-2-6-19-13)7-11-3-1-5-16(11)14(18)10-8-15-9-10;/h2,4,6,10-12,15,17H,1,3,5,7-9H2;1H. The second kappa shape index (κ2) is 6.89. The number of aliphatic hydroxyl groups excluding tert-OH is 1. The third-order valence-electron chi connectivity index (χ3n) is 4.16. The molecule has 3 rings (SSSR count). The highest BCUT2D eigenvalue weighted by Crippen LogP contribution is 2.30. The number of nitrogens with one attached hydrogen (secondary N) is 1. The summed E-state index contributed by atoms with van der Waals surface area (Å²) in [4.78, 5) is 15.3. The second-order valence-corrected chi connectivity index (χ2v) is 6.43. The minimum Gasteiger partial charge on any atom is -0.387 e. The molecule has 0 aliphatic carbocycles. The average Bonchev–Trinajstić information content (AvgIpc) is 2.96. The molecule has 2 atom stereocenters. The van der Waals surface area contributed by atoms with Gasteiger partial charge in [-0.2, -0.15) is 0 Å². The first kappa shape index (κ1) is 15.8. The third-order valence-corrected chi connectivity index (χ3v) is 5.13. The summed E-state index contributed by atoms with van der Waals surface area (Å²) in [7, 11) is 0. The molecule has 0 radical (unpaired) electrons. The lowest BCUT2D eigenvalue weighted by Gasteiger charge is -2.34. The van der Waals surface area contributed by atoms with Crippen LogP contribution in [0.2, 0.25) is 0 Å². The Morgan fingerprint density at radius 3 is 2.95 bits per heavy atom. The van der Waals surface area contributed by atoms with Gasteiger partial charge < -0.3 is 15.3 Å². The zero-order valence-corrected chi connectivity index (χ0v) is 13.0. The largest absolute Gasteiger partial charge is 0.387 e. The van der Waals surface area contributed by atoms with Crippen molar-refractivity contribution in [1.82, 2.24) is 10.2 Å². The molecular formula is C14H21ClN2O2S. The Bertz CT molecular complexity index is 436. The Labute approximate surface area is 129 Å². The molecule has 1 aromatic rings. The van der Waals surface area contributed by atoms with E-state index in [2.05, 4.69) is 5.32 Å². The fraction of sp³-hybridized carbons (Fsp3) is 0.643. The van der Waals surface area contributed by atoms with Gasteiger partial charge in [-0.25, -0.2) is 0 Å². The van der Waals surface area contributed by atoms with Gasteiger partial charge in [0.1, 0.15) is 0 Å². The van der Waals surface area contributed by atoms with E-state index in [0.717, 1.165) is 37.4 Å². The maximum Gasteiger partial charge on any atom is 0.228 e. The molecule has 112 valence electrons. The number of thiophene rings is 1. The van der Waals surface area contributed by atoms with Gasteiger partial charge in [-0.15, -0.1) is 23.7 Å². The SMILES string of the molecule is Cl.O=C(C1CNC1)N1CCCC1CC(O)c1cccs1. The van der Waals surface area contributed by atoms with E-state index in [0.29, 0.717) is 6.42 Å². The summed E-state index contributed by atoms with van der Waals surface area (Å²) in [6.07, 6.45) is 2.33. The number of amides is 1. The van der Waals surface area contributed by atoms with Crippen LogP contribution >= 0.6 is 23.7 Å². The van der Waals surface area contributed by atoms with Crippen LogP contribution in [0, 0.1) is 5.92 Å². The highest BCUT2D eigenvalue weighted by Gasteiger charge is 2.36. The number of rotatable bonds is 4. The fourth-order valence-corrected chi connectivity index (χ4v) is 3.65. The molecule has 4 nitrogen and oxygen atoms in total. The summed E-state index contributed by atoms with van der Waals surface area (Å²) in [6, 6.07) is 4.14. The van der Waals surface area contributed by atoms with E-state index < -0.39 is 6.10 Å². The van der Waals surface area contributed by atoms with E-state index >= 15 is 0 Å². The van der Waals surface area contributed by atoms with Crippen molar-refractivity contribution in [1.29, 1.82) is 0 Å². The number of hydrogen-bond acceptors (Lipinski definition) is 4. The van der Waals surface area contributed by atoms with Crippen molar-refractivity contribution in [2.45, 2.75) is 31.4 Å². The Kier molecular flexibility index (Phi) is 5.43. The van der Waals surface area contributed by atoms with Crippen LogP contribution in [0.1, 0.15) is 30.2 Å². The highest BCUT2D eigenvalue weighted by molar-refractivity contribution is 7.10. The smallest absolute Gasteiger partial charge is 0.228 e. The lowest BCUT2D eigenvalue weighted by atomic mass is 10.00. The first-order chi connectivity index (χ1) is 9.25. The Morgan fingerprint density at radius 1 is 1.55 bits per heavy atom. The maximum atomic E-state index is 12.3. The first-order valence-corrected chi connectivity index (χ1v) is 7.86. The predicted octanol–water partition coefficient (Wildman–Crippen LogP) is 1.80. The van der Waals surface area contributed by atoms with Crippen molar-refractivity contribution in [3.8, 4) is 0 Å². The maximum absolute atomic E-state index is 12.3. The second-order valence-electron chi connectivity index (χ2n) is 5.45. The molecule has 20 heavy (non-hydrogen) atoms. The molecule has 2 N–H and O–H groups in total. The van der Waals surface area contributed by atoms with Crippen molar-refractivity contribution in [3.05, 3.63) is 22.4 Å². The van der Waals surface area contributed by atoms with Gasteiger partial charge in [0.15, 0.2) is 0 Å². The van der Waals surface area contributed by atoms with Gasteiger partial charge in [0, 0.05) is 30.6 Å². The molecule has 1 amide bonds. The predicted molar refractivity (Wildman–Crippen MR) is 82.2 cm³/mol. The molecular weight excluding hydrogens is 296 g/mol. The number of aliphatic hydroxyl groups is 1. The molecule has 2 saturated heterocycles. The molecule has 0 saturated carbocycles. The molecule has 0 bridgehead atoms. The zero-order valence-electron chi connectivity index (χ0n) is 11.3. The number of hydrogen-bond donors (Lipinski definition) is 2.